The van der Waals surface area contributed by atoms with Crippen LogP contribution in [0.2, 0.25) is 0 Å². The smallest absolute Gasteiger partial charge is 0.0703 e. The molecule has 0 bridgehead atoms. The molecule has 300 valence electrons. The van der Waals surface area contributed by atoms with Gasteiger partial charge in [-0.3, -0.25) is 0 Å². The molecule has 0 aromatic heterocycles. The van der Waals surface area contributed by atoms with Crippen LogP contribution >= 0.6 is 0 Å². The van der Waals surface area contributed by atoms with Gasteiger partial charge in [0.2, 0.25) is 0 Å². The number of aryl methyl sites for hydroxylation is 1. The van der Waals surface area contributed by atoms with Gasteiger partial charge in [0, 0.05) is 39.7 Å². The van der Waals surface area contributed by atoms with Crippen molar-refractivity contribution < 1.29 is 0 Å². The number of benzene rings is 8. The molecule has 0 saturated carbocycles. The molecule has 2 N–H and O–H groups in total. The molecule has 0 fully saturated rings. The first kappa shape index (κ1) is 40.4. The summed E-state index contributed by atoms with van der Waals surface area (Å²) in [6.07, 6.45) is 5.38. The van der Waals surface area contributed by atoms with E-state index in [1.807, 2.05) is 12.1 Å². The van der Waals surface area contributed by atoms with Crippen LogP contribution in [0.5, 0.6) is 0 Å². The Labute approximate surface area is 362 Å². The van der Waals surface area contributed by atoms with E-state index in [0.29, 0.717) is 0 Å². The number of hydrogen-bond donors (Lipinski definition) is 2. The molecule has 0 spiro atoms. The van der Waals surface area contributed by atoms with Crippen molar-refractivity contribution >= 4 is 39.7 Å². The van der Waals surface area contributed by atoms with E-state index in [0.717, 1.165) is 75.7 Å². The van der Waals surface area contributed by atoms with Crippen LogP contribution in [0.1, 0.15) is 55.0 Å². The third-order valence-electron chi connectivity index (χ3n) is 11.2. The average Bonchev–Trinajstić information content (AvgIpc) is 3.33. The molecule has 1 atom stereocenters. The van der Waals surface area contributed by atoms with E-state index in [-0.39, 0.29) is 6.04 Å². The van der Waals surface area contributed by atoms with Crippen molar-refractivity contribution in [2.45, 2.75) is 39.2 Å². The maximum Gasteiger partial charge on any atom is 0.0703 e. The first-order valence-corrected chi connectivity index (χ1v) is 21.4. The van der Waals surface area contributed by atoms with Crippen LogP contribution < -0.4 is 15.5 Å². The molecule has 0 radical (unpaired) electrons. The molecular weight excluding hydrogens is 739 g/mol. The van der Waals surface area contributed by atoms with Gasteiger partial charge in [-0.25, -0.2) is 0 Å². The van der Waals surface area contributed by atoms with Crippen LogP contribution in [-0.4, -0.2) is 0 Å². The molecule has 0 aliphatic rings. The minimum Gasteiger partial charge on any atom is -0.375 e. The molecule has 8 aromatic carbocycles. The molecule has 8 aromatic rings. The second-order valence-corrected chi connectivity index (χ2v) is 15.4. The Balaban J connectivity index is 1.12. The van der Waals surface area contributed by atoms with Crippen LogP contribution in [0.3, 0.4) is 0 Å². The van der Waals surface area contributed by atoms with E-state index in [2.05, 4.69) is 242 Å². The van der Waals surface area contributed by atoms with Gasteiger partial charge in [0.25, 0.3) is 0 Å². The Hall–Kier alpha value is -7.36. The Kier molecular flexibility index (Phi) is 13.0. The standard InChI is InChI=1S/C58H53N3/c1-4-18-50(42-58(49-23-14-8-15-24-49)59-43(3)45-19-10-6-11-20-45)46-29-36-54(37-30-46)61(53-34-27-44(5-2)28-35-53)55-38-31-47(32-39-55)51-33-40-57(60-52-25-16-9-17-26-52)56(41-51)48-21-12-7-13-22-48/h6-17,19-42,58-60H,3-5,18H2,1-2H3/b50-42+. The quantitative estimate of drug-likeness (QED) is 0.102. The van der Waals surface area contributed by atoms with Gasteiger partial charge in [0.1, 0.15) is 0 Å². The maximum atomic E-state index is 4.42. The van der Waals surface area contributed by atoms with Crippen molar-refractivity contribution in [3.8, 4) is 22.3 Å². The van der Waals surface area contributed by atoms with Crippen molar-refractivity contribution in [1.29, 1.82) is 0 Å². The molecule has 0 aliphatic carbocycles. The summed E-state index contributed by atoms with van der Waals surface area (Å²) in [6.45, 7) is 8.88. The van der Waals surface area contributed by atoms with E-state index in [1.165, 1.54) is 27.8 Å². The Morgan fingerprint density at radius 1 is 0.541 bits per heavy atom. The third-order valence-corrected chi connectivity index (χ3v) is 11.2. The van der Waals surface area contributed by atoms with Crippen LogP contribution in [0, 0.1) is 0 Å². The minimum absolute atomic E-state index is 0.0395. The summed E-state index contributed by atoms with van der Waals surface area (Å²) in [6, 6.07) is 75.7. The fourth-order valence-electron chi connectivity index (χ4n) is 7.91. The molecular formula is C58H53N3. The van der Waals surface area contributed by atoms with Crippen molar-refractivity contribution in [3.63, 3.8) is 0 Å². The fraction of sp³-hybridized carbons (Fsp3) is 0.103. The lowest BCUT2D eigenvalue weighted by Gasteiger charge is -2.26. The maximum absolute atomic E-state index is 4.42. The zero-order chi connectivity index (χ0) is 41.8. The topological polar surface area (TPSA) is 27.3 Å². The first-order valence-electron chi connectivity index (χ1n) is 21.4. The van der Waals surface area contributed by atoms with E-state index < -0.39 is 0 Å². The van der Waals surface area contributed by atoms with Crippen LogP contribution in [0.15, 0.2) is 225 Å². The fourth-order valence-corrected chi connectivity index (χ4v) is 7.91. The Morgan fingerprint density at radius 2 is 1.08 bits per heavy atom. The van der Waals surface area contributed by atoms with E-state index >= 15 is 0 Å². The Morgan fingerprint density at radius 3 is 1.69 bits per heavy atom. The molecule has 1 unspecified atom stereocenters. The van der Waals surface area contributed by atoms with Crippen molar-refractivity contribution in [2.24, 2.45) is 0 Å². The van der Waals surface area contributed by atoms with Gasteiger partial charge >= 0.3 is 0 Å². The molecule has 61 heavy (non-hydrogen) atoms. The zero-order valence-electron chi connectivity index (χ0n) is 35.1. The van der Waals surface area contributed by atoms with Crippen molar-refractivity contribution in [2.75, 3.05) is 10.2 Å². The van der Waals surface area contributed by atoms with Gasteiger partial charge in [0.05, 0.1) is 6.04 Å². The molecule has 3 nitrogen and oxygen atoms in total. The third kappa shape index (κ3) is 9.92. The second kappa shape index (κ2) is 19.6. The number of rotatable bonds is 16. The van der Waals surface area contributed by atoms with Gasteiger partial charge in [-0.15, -0.1) is 0 Å². The zero-order valence-corrected chi connectivity index (χ0v) is 35.1. The largest absolute Gasteiger partial charge is 0.375 e. The highest BCUT2D eigenvalue weighted by atomic mass is 15.1. The summed E-state index contributed by atoms with van der Waals surface area (Å²) in [5, 5.41) is 7.40. The number of hydrogen-bond acceptors (Lipinski definition) is 3. The average molecular weight is 792 g/mol. The lowest BCUT2D eigenvalue weighted by molar-refractivity contribution is 0.770. The summed E-state index contributed by atoms with van der Waals surface area (Å²) >= 11 is 0. The Bertz CT molecular complexity index is 2650. The summed E-state index contributed by atoms with van der Waals surface area (Å²) in [5.41, 5.74) is 17.2. The normalized spacial score (nSPS) is 11.7. The number of para-hydroxylation sites is 1. The number of nitrogens with one attached hydrogen (secondary N) is 2. The predicted octanol–water partition coefficient (Wildman–Crippen LogP) is 16.0. The monoisotopic (exact) mass is 791 g/mol. The van der Waals surface area contributed by atoms with Gasteiger partial charge in [0.15, 0.2) is 0 Å². The van der Waals surface area contributed by atoms with Crippen LogP contribution in [0.4, 0.5) is 28.4 Å². The second-order valence-electron chi connectivity index (χ2n) is 15.4. The highest BCUT2D eigenvalue weighted by molar-refractivity contribution is 5.86. The number of allylic oxidation sites excluding steroid dienone is 1. The van der Waals surface area contributed by atoms with Gasteiger partial charge < -0.3 is 15.5 Å². The van der Waals surface area contributed by atoms with Crippen molar-refractivity contribution in [3.05, 3.63) is 247 Å². The van der Waals surface area contributed by atoms with Crippen LogP contribution in [0.25, 0.3) is 33.5 Å². The SMILES string of the molecule is C=C(NC(/C=C(\CCC)c1ccc(N(c2ccc(CC)cc2)c2ccc(-c3ccc(Nc4ccccc4)c(-c4ccccc4)c3)cc2)cc1)c1ccccc1)c1ccccc1. The molecule has 0 heterocycles. The lowest BCUT2D eigenvalue weighted by Crippen LogP contribution is -2.18. The molecule has 8 rings (SSSR count). The highest BCUT2D eigenvalue weighted by Crippen LogP contribution is 2.39. The minimum atomic E-state index is -0.0395. The predicted molar refractivity (Wildman–Crippen MR) is 262 cm³/mol. The molecule has 3 heteroatoms. The number of anilines is 5. The molecule has 0 aliphatic heterocycles. The van der Waals surface area contributed by atoms with Gasteiger partial charge in [-0.05, 0) is 118 Å². The summed E-state index contributed by atoms with van der Waals surface area (Å²) in [4.78, 5) is 2.36. The van der Waals surface area contributed by atoms with Gasteiger partial charge in [-0.1, -0.05) is 185 Å². The van der Waals surface area contributed by atoms with E-state index in [9.17, 15) is 0 Å². The van der Waals surface area contributed by atoms with E-state index in [1.54, 1.807) is 0 Å². The lowest BCUT2D eigenvalue weighted by atomic mass is 9.95. The number of nitrogens with zero attached hydrogens (tertiary/aromatic N) is 1. The van der Waals surface area contributed by atoms with Crippen LogP contribution in [-0.2, 0) is 6.42 Å². The van der Waals surface area contributed by atoms with Crippen molar-refractivity contribution in [1.82, 2.24) is 5.32 Å². The summed E-state index contributed by atoms with van der Waals surface area (Å²) in [5.74, 6) is 0. The summed E-state index contributed by atoms with van der Waals surface area (Å²) in [7, 11) is 0. The first-order chi connectivity index (χ1) is 30.1. The highest BCUT2D eigenvalue weighted by Gasteiger charge is 2.17. The van der Waals surface area contributed by atoms with E-state index in [4.69, 9.17) is 0 Å². The molecule has 0 amide bonds. The molecule has 0 saturated heterocycles. The van der Waals surface area contributed by atoms with Gasteiger partial charge in [-0.2, -0.15) is 0 Å². The summed E-state index contributed by atoms with van der Waals surface area (Å²) < 4.78 is 0.